The highest BCUT2D eigenvalue weighted by Gasteiger charge is 2.63. The van der Waals surface area contributed by atoms with E-state index in [0.29, 0.717) is 17.4 Å². The van der Waals surface area contributed by atoms with Crippen LogP contribution >= 0.6 is 0 Å². The van der Waals surface area contributed by atoms with Crippen LogP contribution in [0.1, 0.15) is 28.4 Å². The van der Waals surface area contributed by atoms with Crippen molar-refractivity contribution in [1.82, 2.24) is 5.32 Å². The Bertz CT molecular complexity index is 978. The zero-order valence-corrected chi connectivity index (χ0v) is 16.4. The molecule has 31 heavy (non-hydrogen) atoms. The second-order valence-electron chi connectivity index (χ2n) is 6.14. The molecular weight excluding hydrogens is 415 g/mol. The molecule has 2 rings (SSSR count). The summed E-state index contributed by atoms with van der Waals surface area (Å²) in [5.74, 6) is 2.20. The largest absolute Gasteiger partial charge is 0.463 e. The highest BCUT2D eigenvalue weighted by atomic mass is 19.4. The lowest BCUT2D eigenvalue weighted by Gasteiger charge is -2.29. The predicted octanol–water partition coefficient (Wildman–Crippen LogP) is 3.64. The van der Waals surface area contributed by atoms with Gasteiger partial charge in [0.2, 0.25) is 0 Å². The summed E-state index contributed by atoms with van der Waals surface area (Å²) in [5.41, 5.74) is -2.74. The third kappa shape index (κ3) is 6.09. The average molecular weight is 433 g/mol. The molecule has 0 aliphatic carbocycles. The highest BCUT2D eigenvalue weighted by molar-refractivity contribution is 5.91. The molecule has 2 aromatic rings. The van der Waals surface area contributed by atoms with Gasteiger partial charge in [0.1, 0.15) is 12.9 Å². The van der Waals surface area contributed by atoms with E-state index in [1.807, 2.05) is 0 Å². The van der Waals surface area contributed by atoms with Gasteiger partial charge in [0.05, 0.1) is 6.61 Å². The molecule has 0 heterocycles. The summed E-state index contributed by atoms with van der Waals surface area (Å²) in [7, 11) is 0. The Kier molecular flexibility index (Phi) is 7.80. The molecule has 1 unspecified atom stereocenters. The van der Waals surface area contributed by atoms with E-state index in [0.717, 1.165) is 0 Å². The number of amides is 1. The van der Waals surface area contributed by atoms with Crippen LogP contribution in [0.5, 0.6) is 0 Å². The Labute approximate surface area is 176 Å². The molecule has 1 amide bonds. The van der Waals surface area contributed by atoms with Crippen molar-refractivity contribution in [2.24, 2.45) is 0 Å². The number of aldehydes is 1. The molecule has 0 spiro atoms. The first-order valence-electron chi connectivity index (χ1n) is 9.03. The van der Waals surface area contributed by atoms with Gasteiger partial charge in [-0.25, -0.2) is 9.59 Å². The first-order chi connectivity index (χ1) is 14.7. The summed E-state index contributed by atoms with van der Waals surface area (Å²) < 4.78 is 51.3. The predicted molar refractivity (Wildman–Crippen MR) is 104 cm³/mol. The molecule has 1 N–H and O–H groups in total. The minimum Gasteiger partial charge on any atom is -0.463 e. The van der Waals surface area contributed by atoms with Crippen LogP contribution in [-0.2, 0) is 20.9 Å². The van der Waals surface area contributed by atoms with Crippen molar-refractivity contribution in [2.45, 2.75) is 25.2 Å². The zero-order chi connectivity index (χ0) is 22.9. The molecule has 9 heteroatoms. The van der Waals surface area contributed by atoms with Crippen molar-refractivity contribution in [2.75, 3.05) is 6.61 Å². The molecular formula is C22H18F3NO5. The van der Waals surface area contributed by atoms with Crippen LogP contribution in [0.4, 0.5) is 18.0 Å². The van der Waals surface area contributed by atoms with Gasteiger partial charge in [-0.1, -0.05) is 48.4 Å². The van der Waals surface area contributed by atoms with E-state index in [4.69, 9.17) is 4.74 Å². The number of esters is 1. The molecule has 0 radical (unpaired) electrons. The maximum Gasteiger partial charge on any atom is 0.434 e. The molecule has 1 atom stereocenters. The van der Waals surface area contributed by atoms with Gasteiger partial charge < -0.3 is 9.47 Å². The van der Waals surface area contributed by atoms with Gasteiger partial charge in [-0.15, -0.1) is 0 Å². The molecule has 0 aromatic heterocycles. The van der Waals surface area contributed by atoms with E-state index in [1.54, 1.807) is 36.3 Å². The quantitative estimate of drug-likeness (QED) is 0.427. The number of nitrogens with one attached hydrogen (secondary N) is 1. The SMILES string of the molecule is CCOC(=O)C(C#Cc1ccc(C=O)cc1)(NC(=O)OCc1ccccc1)C(F)(F)F. The summed E-state index contributed by atoms with van der Waals surface area (Å²) in [5, 5.41) is 1.53. The van der Waals surface area contributed by atoms with Gasteiger partial charge in [-0.05, 0) is 30.5 Å². The summed E-state index contributed by atoms with van der Waals surface area (Å²) in [6, 6.07) is 13.6. The van der Waals surface area contributed by atoms with Gasteiger partial charge in [0, 0.05) is 11.1 Å². The van der Waals surface area contributed by atoms with E-state index < -0.39 is 23.8 Å². The lowest BCUT2D eigenvalue weighted by atomic mass is 9.99. The van der Waals surface area contributed by atoms with Crippen molar-refractivity contribution in [3.8, 4) is 11.8 Å². The Hall–Kier alpha value is -3.80. The van der Waals surface area contributed by atoms with E-state index >= 15 is 0 Å². The number of alkyl halides is 3. The van der Waals surface area contributed by atoms with Crippen molar-refractivity contribution >= 4 is 18.3 Å². The number of carbonyl (C=O) groups is 3. The fraction of sp³-hybridized carbons (Fsp3) is 0.227. The number of carbonyl (C=O) groups excluding carboxylic acids is 3. The Morgan fingerprint density at radius 3 is 2.23 bits per heavy atom. The summed E-state index contributed by atoms with van der Waals surface area (Å²) >= 11 is 0. The second-order valence-corrected chi connectivity index (χ2v) is 6.14. The Balaban J connectivity index is 2.36. The average Bonchev–Trinajstić information content (AvgIpc) is 2.75. The van der Waals surface area contributed by atoms with E-state index in [1.165, 1.54) is 36.5 Å². The van der Waals surface area contributed by atoms with Gasteiger partial charge in [0.15, 0.2) is 0 Å². The molecule has 0 bridgehead atoms. The van der Waals surface area contributed by atoms with Crippen LogP contribution < -0.4 is 5.32 Å². The van der Waals surface area contributed by atoms with Gasteiger partial charge in [-0.2, -0.15) is 13.2 Å². The Morgan fingerprint density at radius 1 is 1.03 bits per heavy atom. The van der Waals surface area contributed by atoms with Crippen molar-refractivity contribution in [1.29, 1.82) is 0 Å². The third-order valence-electron chi connectivity index (χ3n) is 3.95. The number of hydrogen-bond acceptors (Lipinski definition) is 5. The number of hydrogen-bond donors (Lipinski definition) is 1. The molecule has 2 aromatic carbocycles. The van der Waals surface area contributed by atoms with Crippen LogP contribution in [0.3, 0.4) is 0 Å². The zero-order valence-electron chi connectivity index (χ0n) is 16.4. The van der Waals surface area contributed by atoms with E-state index in [2.05, 4.69) is 10.7 Å². The number of rotatable bonds is 6. The normalized spacial score (nSPS) is 12.5. The summed E-state index contributed by atoms with van der Waals surface area (Å²) in [4.78, 5) is 35.1. The second kappa shape index (κ2) is 10.3. The van der Waals surface area contributed by atoms with Gasteiger partial charge in [0.25, 0.3) is 5.54 Å². The maximum absolute atomic E-state index is 14.0. The first kappa shape index (κ1) is 23.5. The van der Waals surface area contributed by atoms with Crippen LogP contribution in [0.2, 0.25) is 0 Å². The fourth-order valence-electron chi connectivity index (χ4n) is 2.35. The van der Waals surface area contributed by atoms with Crippen molar-refractivity contribution in [3.05, 3.63) is 71.3 Å². The Morgan fingerprint density at radius 2 is 1.68 bits per heavy atom. The van der Waals surface area contributed by atoms with E-state index in [-0.39, 0.29) is 18.8 Å². The van der Waals surface area contributed by atoms with Crippen LogP contribution in [0.25, 0.3) is 0 Å². The lowest BCUT2D eigenvalue weighted by Crippen LogP contribution is -2.63. The molecule has 6 nitrogen and oxygen atoms in total. The summed E-state index contributed by atoms with van der Waals surface area (Å²) in [6.07, 6.45) is -6.26. The number of ether oxygens (including phenoxy) is 2. The van der Waals surface area contributed by atoms with E-state index in [9.17, 15) is 27.6 Å². The van der Waals surface area contributed by atoms with Crippen LogP contribution in [0, 0.1) is 11.8 Å². The molecule has 0 saturated carbocycles. The molecule has 0 aliphatic heterocycles. The minimum atomic E-state index is -5.32. The topological polar surface area (TPSA) is 81.7 Å². The van der Waals surface area contributed by atoms with Gasteiger partial charge >= 0.3 is 18.2 Å². The standard InChI is InChI=1S/C22H18F3NO5/c1-2-30-19(28)21(22(23,24)25,13-12-16-8-10-17(14-27)11-9-16)26-20(29)31-15-18-6-4-3-5-7-18/h3-11,14H,2,15H2,1H3,(H,26,29). The van der Waals surface area contributed by atoms with Crippen LogP contribution in [-0.4, -0.2) is 36.7 Å². The molecule has 162 valence electrons. The molecule has 0 saturated heterocycles. The number of halogens is 3. The highest BCUT2D eigenvalue weighted by Crippen LogP contribution is 2.32. The third-order valence-corrected chi connectivity index (χ3v) is 3.95. The monoisotopic (exact) mass is 433 g/mol. The fourth-order valence-corrected chi connectivity index (χ4v) is 2.35. The summed E-state index contributed by atoms with van der Waals surface area (Å²) in [6.45, 7) is 0.634. The van der Waals surface area contributed by atoms with Gasteiger partial charge in [-0.3, -0.25) is 10.1 Å². The maximum atomic E-state index is 14.0. The van der Waals surface area contributed by atoms with Crippen molar-refractivity contribution in [3.63, 3.8) is 0 Å². The van der Waals surface area contributed by atoms with Crippen molar-refractivity contribution < 1.29 is 37.0 Å². The first-order valence-corrected chi connectivity index (χ1v) is 9.03. The minimum absolute atomic E-state index is 0.0861. The number of alkyl carbamates (subject to hydrolysis) is 1. The lowest BCUT2D eigenvalue weighted by molar-refractivity contribution is -0.198. The smallest absolute Gasteiger partial charge is 0.434 e. The van der Waals surface area contributed by atoms with Crippen LogP contribution in [0.15, 0.2) is 54.6 Å². The number of benzene rings is 2. The molecule has 0 fully saturated rings. The molecule has 0 aliphatic rings.